The average molecular weight is 453 g/mol. The summed E-state index contributed by atoms with van der Waals surface area (Å²) < 4.78 is 75.3. The Kier molecular flexibility index (Phi) is 5.29. The number of alkyl halides is 6. The summed E-state index contributed by atoms with van der Waals surface area (Å²) in [5.74, 6) is -4.76. The van der Waals surface area contributed by atoms with Crippen LogP contribution < -0.4 is 0 Å². The monoisotopic (exact) mass is 452 g/mol. The Hall–Kier alpha value is -1.97. The van der Waals surface area contributed by atoms with E-state index in [0.717, 1.165) is 4.68 Å². The first-order chi connectivity index (χ1) is 12.6. The Bertz CT molecular complexity index is 836. The maximum atomic E-state index is 14.5. The normalized spacial score (nSPS) is 18.8. The lowest BCUT2D eigenvalue weighted by molar-refractivity contribution is -0.151. The van der Waals surface area contributed by atoms with Gasteiger partial charge in [0.25, 0.3) is 5.92 Å². The van der Waals surface area contributed by atoms with Crippen molar-refractivity contribution >= 4 is 21.9 Å². The number of halogens is 6. The highest BCUT2D eigenvalue weighted by atomic mass is 79.9. The predicted molar refractivity (Wildman–Crippen MR) is 88.9 cm³/mol. The van der Waals surface area contributed by atoms with Crippen LogP contribution in [0.1, 0.15) is 39.8 Å². The predicted octanol–water partition coefficient (Wildman–Crippen LogP) is 4.78. The molecule has 4 nitrogen and oxygen atoms in total. The van der Waals surface area contributed by atoms with Gasteiger partial charge in [-0.3, -0.25) is 4.68 Å². The van der Waals surface area contributed by atoms with E-state index in [2.05, 4.69) is 21.0 Å². The first-order valence-corrected chi connectivity index (χ1v) is 9.14. The molecule has 1 aliphatic rings. The maximum absolute atomic E-state index is 14.5. The van der Waals surface area contributed by atoms with Crippen LogP contribution in [0.25, 0.3) is 0 Å². The SMILES string of the molecule is O=C(O[C@H]1c2c(C(F)(F)F)nn(CCBr)c2CCC1(F)F)c1ccccc1. The molecule has 1 aromatic heterocycles. The van der Waals surface area contributed by atoms with Crippen LogP contribution in [-0.2, 0) is 23.9 Å². The average Bonchev–Trinajstić information content (AvgIpc) is 2.97. The highest BCUT2D eigenvalue weighted by Crippen LogP contribution is 2.48. The van der Waals surface area contributed by atoms with Gasteiger partial charge in [-0.2, -0.15) is 18.3 Å². The molecule has 0 saturated heterocycles. The fourth-order valence-corrected chi connectivity index (χ4v) is 3.38. The molecule has 10 heteroatoms. The van der Waals surface area contributed by atoms with Crippen LogP contribution in [-0.4, -0.2) is 27.0 Å². The van der Waals surface area contributed by atoms with Gasteiger partial charge in [-0.1, -0.05) is 34.1 Å². The summed E-state index contributed by atoms with van der Waals surface area (Å²) in [7, 11) is 0. The summed E-state index contributed by atoms with van der Waals surface area (Å²) in [5, 5.41) is 3.78. The number of nitrogens with zero attached hydrogens (tertiary/aromatic N) is 2. The van der Waals surface area contributed by atoms with E-state index in [-0.39, 0.29) is 24.2 Å². The van der Waals surface area contributed by atoms with Gasteiger partial charge in [0.05, 0.1) is 17.7 Å². The van der Waals surface area contributed by atoms with Gasteiger partial charge in [-0.25, -0.2) is 13.6 Å². The van der Waals surface area contributed by atoms with Gasteiger partial charge in [0.2, 0.25) is 0 Å². The van der Waals surface area contributed by atoms with Gasteiger partial charge < -0.3 is 4.74 Å². The third-order valence-corrected chi connectivity index (χ3v) is 4.59. The summed E-state index contributed by atoms with van der Waals surface area (Å²) in [6.07, 6.45) is -8.34. The molecule has 3 rings (SSSR count). The number of carbonyl (C=O) groups is 1. The van der Waals surface area contributed by atoms with E-state index in [4.69, 9.17) is 4.74 Å². The van der Waals surface area contributed by atoms with Crippen molar-refractivity contribution in [3.8, 4) is 0 Å². The number of hydrogen-bond donors (Lipinski definition) is 0. The number of carbonyl (C=O) groups excluding carboxylic acids is 1. The minimum absolute atomic E-state index is 0.0126. The van der Waals surface area contributed by atoms with Crippen molar-refractivity contribution in [1.82, 2.24) is 9.78 Å². The van der Waals surface area contributed by atoms with E-state index >= 15 is 0 Å². The first-order valence-electron chi connectivity index (χ1n) is 8.01. The summed E-state index contributed by atoms with van der Waals surface area (Å²) in [6, 6.07) is 7.27. The van der Waals surface area contributed by atoms with Crippen molar-refractivity contribution in [1.29, 1.82) is 0 Å². The van der Waals surface area contributed by atoms with Gasteiger partial charge in [0, 0.05) is 17.4 Å². The third kappa shape index (κ3) is 3.85. The van der Waals surface area contributed by atoms with Crippen molar-refractivity contribution in [2.75, 3.05) is 5.33 Å². The lowest BCUT2D eigenvalue weighted by Gasteiger charge is -2.32. The van der Waals surface area contributed by atoms with Crippen LogP contribution in [0.4, 0.5) is 22.0 Å². The van der Waals surface area contributed by atoms with Gasteiger partial charge in [-0.05, 0) is 18.6 Å². The Morgan fingerprint density at radius 2 is 1.96 bits per heavy atom. The Morgan fingerprint density at radius 3 is 2.56 bits per heavy atom. The molecular formula is C17H14BrF5N2O2. The molecule has 0 amide bonds. The minimum Gasteiger partial charge on any atom is -0.447 e. The van der Waals surface area contributed by atoms with E-state index in [0.29, 0.717) is 5.33 Å². The number of hydrogen-bond acceptors (Lipinski definition) is 3. The van der Waals surface area contributed by atoms with E-state index in [9.17, 15) is 26.7 Å². The molecule has 1 heterocycles. The van der Waals surface area contributed by atoms with Crippen LogP contribution in [0.15, 0.2) is 30.3 Å². The molecule has 1 aromatic carbocycles. The molecular weight excluding hydrogens is 439 g/mol. The Balaban J connectivity index is 2.08. The highest BCUT2D eigenvalue weighted by molar-refractivity contribution is 9.09. The first kappa shape index (κ1) is 19.8. The summed E-state index contributed by atoms with van der Waals surface area (Å²) in [4.78, 5) is 12.2. The van der Waals surface area contributed by atoms with Crippen LogP contribution >= 0.6 is 15.9 Å². The number of benzene rings is 1. The third-order valence-electron chi connectivity index (χ3n) is 4.24. The molecule has 0 saturated carbocycles. The summed E-state index contributed by atoms with van der Waals surface area (Å²) >= 11 is 3.11. The van der Waals surface area contributed by atoms with E-state index in [1.165, 1.54) is 24.3 Å². The zero-order valence-corrected chi connectivity index (χ0v) is 15.4. The second kappa shape index (κ2) is 7.21. The number of rotatable bonds is 4. The quantitative estimate of drug-likeness (QED) is 0.381. The largest absolute Gasteiger partial charge is 0.447 e. The molecule has 0 N–H and O–H groups in total. The molecule has 0 fully saturated rings. The minimum atomic E-state index is -4.95. The van der Waals surface area contributed by atoms with E-state index in [1.54, 1.807) is 6.07 Å². The second-order valence-corrected chi connectivity index (χ2v) is 6.82. The fourth-order valence-electron chi connectivity index (χ4n) is 3.05. The number of fused-ring (bicyclic) bond motifs is 1. The van der Waals surface area contributed by atoms with Crippen LogP contribution in [0.3, 0.4) is 0 Å². The molecule has 1 atom stereocenters. The molecule has 0 unspecified atom stereocenters. The molecule has 0 bridgehead atoms. The standard InChI is InChI=1S/C17H14BrF5N2O2/c18-8-9-25-11-6-7-16(19,20)14(12(11)13(24-25)17(21,22)23)27-15(26)10-4-2-1-3-5-10/h1-5,14H,6-9H2/t14-/m0/s1. The molecule has 0 radical (unpaired) electrons. The highest BCUT2D eigenvalue weighted by Gasteiger charge is 2.54. The summed E-state index contributed by atoms with van der Waals surface area (Å²) in [5.41, 5.74) is -2.21. The van der Waals surface area contributed by atoms with Crippen LogP contribution in [0.5, 0.6) is 0 Å². The van der Waals surface area contributed by atoms with Crippen molar-refractivity contribution in [2.24, 2.45) is 0 Å². The Morgan fingerprint density at radius 1 is 1.30 bits per heavy atom. The fraction of sp³-hybridized carbons (Fsp3) is 0.412. The second-order valence-electron chi connectivity index (χ2n) is 6.03. The van der Waals surface area contributed by atoms with Gasteiger partial charge in [0.1, 0.15) is 0 Å². The van der Waals surface area contributed by atoms with Gasteiger partial charge in [-0.15, -0.1) is 0 Å². The lowest BCUT2D eigenvalue weighted by atomic mass is 9.89. The smallest absolute Gasteiger partial charge is 0.435 e. The zero-order valence-electron chi connectivity index (χ0n) is 13.8. The van der Waals surface area contributed by atoms with Crippen LogP contribution in [0, 0.1) is 0 Å². The Labute approximate surface area is 159 Å². The number of ether oxygens (including phenoxy) is 1. The molecule has 27 heavy (non-hydrogen) atoms. The zero-order chi connectivity index (χ0) is 19.8. The summed E-state index contributed by atoms with van der Waals surface area (Å²) in [6.45, 7) is 0.0728. The van der Waals surface area contributed by atoms with Crippen molar-refractivity contribution in [3.63, 3.8) is 0 Å². The van der Waals surface area contributed by atoms with Crippen molar-refractivity contribution in [3.05, 3.63) is 52.8 Å². The number of aromatic nitrogens is 2. The topological polar surface area (TPSA) is 44.1 Å². The van der Waals surface area contributed by atoms with Gasteiger partial charge >= 0.3 is 12.1 Å². The van der Waals surface area contributed by atoms with Crippen LogP contribution in [0.2, 0.25) is 0 Å². The molecule has 146 valence electrons. The molecule has 0 aliphatic heterocycles. The van der Waals surface area contributed by atoms with Crippen molar-refractivity contribution in [2.45, 2.75) is 37.6 Å². The van der Waals surface area contributed by atoms with Crippen molar-refractivity contribution < 1.29 is 31.5 Å². The van der Waals surface area contributed by atoms with E-state index < -0.39 is 41.9 Å². The number of esters is 1. The molecule has 0 spiro atoms. The lowest BCUT2D eigenvalue weighted by Crippen LogP contribution is -2.36. The number of aryl methyl sites for hydroxylation is 1. The maximum Gasteiger partial charge on any atom is 0.435 e. The van der Waals surface area contributed by atoms with Gasteiger partial charge in [0.15, 0.2) is 11.8 Å². The molecule has 1 aliphatic carbocycles. The van der Waals surface area contributed by atoms with E-state index in [1.807, 2.05) is 0 Å². The molecule has 2 aromatic rings.